The van der Waals surface area contributed by atoms with Gasteiger partial charge >= 0.3 is 5.97 Å². The van der Waals surface area contributed by atoms with Crippen LogP contribution in [-0.2, 0) is 24.8 Å². The summed E-state index contributed by atoms with van der Waals surface area (Å²) < 4.78 is 19.9. The molecule has 0 aliphatic heterocycles. The van der Waals surface area contributed by atoms with Crippen LogP contribution in [0.25, 0.3) is 25.7 Å². The van der Waals surface area contributed by atoms with Gasteiger partial charge in [0.25, 0.3) is 0 Å². The third-order valence-corrected chi connectivity index (χ3v) is 11.3. The Morgan fingerprint density at radius 2 is 1.62 bits per heavy atom. The SMILES string of the molecule is CC.CCOCC(C)(CC)OC(=O)COC1=CC(C)(C[s+]2c3ccccc3c(=O)c3cc(C(C)C)ccc32)C=CC=C1c1ccccc1. The molecule has 0 N–H and O–H groups in total. The molecule has 0 bridgehead atoms. The van der Waals surface area contributed by atoms with Gasteiger partial charge in [-0.3, -0.25) is 4.79 Å². The van der Waals surface area contributed by atoms with Crippen LogP contribution in [0, 0.1) is 5.41 Å². The summed E-state index contributed by atoms with van der Waals surface area (Å²) >= 11 is 0. The van der Waals surface area contributed by atoms with E-state index < -0.39 is 17.0 Å². The van der Waals surface area contributed by atoms with Crippen molar-refractivity contribution in [2.45, 2.75) is 79.1 Å². The molecule has 3 atom stereocenters. The lowest BCUT2D eigenvalue weighted by molar-refractivity contribution is -0.168. The van der Waals surface area contributed by atoms with Gasteiger partial charge in [0, 0.05) is 12.2 Å². The molecule has 0 amide bonds. The first kappa shape index (κ1) is 36.8. The molecule has 1 aliphatic rings. The van der Waals surface area contributed by atoms with Crippen LogP contribution in [0.2, 0.25) is 0 Å². The van der Waals surface area contributed by atoms with Crippen molar-refractivity contribution >= 4 is 42.2 Å². The van der Waals surface area contributed by atoms with Crippen molar-refractivity contribution in [3.8, 4) is 0 Å². The van der Waals surface area contributed by atoms with Crippen molar-refractivity contribution in [1.29, 1.82) is 0 Å². The molecule has 0 saturated heterocycles. The van der Waals surface area contributed by atoms with Crippen LogP contribution in [0.3, 0.4) is 0 Å². The molecule has 0 fully saturated rings. The minimum absolute atomic E-state index is 0.0907. The maximum absolute atomic E-state index is 13.7. The fourth-order valence-electron chi connectivity index (χ4n) is 5.80. The summed E-state index contributed by atoms with van der Waals surface area (Å²) in [6.45, 7) is 17.0. The summed E-state index contributed by atoms with van der Waals surface area (Å²) in [5.74, 6) is 1.24. The molecule has 6 heteroatoms. The highest BCUT2D eigenvalue weighted by Crippen LogP contribution is 2.45. The van der Waals surface area contributed by atoms with Gasteiger partial charge in [-0.1, -0.05) is 101 Å². The summed E-state index contributed by atoms with van der Waals surface area (Å²) in [5, 5.41) is 1.57. The lowest BCUT2D eigenvalue weighted by Gasteiger charge is -2.28. The monoisotopic (exact) mass is 667 g/mol. The predicted molar refractivity (Wildman–Crippen MR) is 203 cm³/mol. The number of hydrogen-bond donors (Lipinski definition) is 0. The van der Waals surface area contributed by atoms with Crippen LogP contribution >= 0.6 is 10.5 Å². The maximum Gasteiger partial charge on any atom is 0.344 e. The summed E-state index contributed by atoms with van der Waals surface area (Å²) in [4.78, 5) is 26.8. The molecule has 0 radical (unpaired) electrons. The number of rotatable bonds is 12. The van der Waals surface area contributed by atoms with Gasteiger partial charge in [-0.2, -0.15) is 0 Å². The van der Waals surface area contributed by atoms with Crippen LogP contribution in [-0.4, -0.2) is 31.4 Å². The van der Waals surface area contributed by atoms with Gasteiger partial charge in [0.05, 0.1) is 22.8 Å². The van der Waals surface area contributed by atoms with Crippen LogP contribution in [0.5, 0.6) is 0 Å². The van der Waals surface area contributed by atoms with Gasteiger partial charge in [-0.25, -0.2) is 4.79 Å². The minimum Gasteiger partial charge on any atom is -0.482 e. The van der Waals surface area contributed by atoms with Crippen molar-refractivity contribution in [2.75, 3.05) is 19.8 Å². The topological polar surface area (TPSA) is 61.8 Å². The van der Waals surface area contributed by atoms with Gasteiger partial charge in [0.2, 0.25) is 5.43 Å². The van der Waals surface area contributed by atoms with E-state index >= 15 is 0 Å². The molecule has 3 unspecified atom stereocenters. The smallest absolute Gasteiger partial charge is 0.344 e. The van der Waals surface area contributed by atoms with Gasteiger partial charge in [0.1, 0.15) is 17.1 Å². The van der Waals surface area contributed by atoms with Crippen LogP contribution in [0.4, 0.5) is 0 Å². The second kappa shape index (κ2) is 16.4. The largest absolute Gasteiger partial charge is 0.482 e. The third kappa shape index (κ3) is 8.53. The molecule has 254 valence electrons. The van der Waals surface area contributed by atoms with Gasteiger partial charge in [-0.05, 0) is 85.0 Å². The highest BCUT2D eigenvalue weighted by molar-refractivity contribution is 7.41. The highest BCUT2D eigenvalue weighted by atomic mass is 32.2. The molecule has 0 saturated carbocycles. The van der Waals surface area contributed by atoms with Crippen molar-refractivity contribution in [3.05, 3.63) is 124 Å². The standard InChI is InChI=1S/C40H45O5S.C2H6/c1-7-40(6,26-43-8-2)45-37(41)25-44-34-24-39(5,22-14-18-31(34)29-15-10-9-11-16-29)27-46-35-19-13-12-17-32(35)38(42)33-23-30(28(3)4)20-21-36(33)46;1-2/h9-24,28H,7-8,25-27H2,1-6H3;1-2H3/q+1;. The van der Waals surface area contributed by atoms with Gasteiger partial charge < -0.3 is 14.2 Å². The Morgan fingerprint density at radius 3 is 2.31 bits per heavy atom. The number of hydrogen-bond acceptors (Lipinski definition) is 5. The first-order valence-corrected chi connectivity index (χ1v) is 18.5. The number of fused-ring (bicyclic) bond motifs is 2. The zero-order valence-corrected chi connectivity index (χ0v) is 30.6. The van der Waals surface area contributed by atoms with Gasteiger partial charge in [-0.15, -0.1) is 0 Å². The van der Waals surface area contributed by atoms with E-state index in [-0.39, 0.29) is 22.5 Å². The Labute approximate surface area is 288 Å². The average molecular weight is 668 g/mol. The van der Waals surface area contributed by atoms with E-state index in [0.717, 1.165) is 42.6 Å². The molecule has 3 aromatic carbocycles. The molecule has 4 aromatic rings. The van der Waals surface area contributed by atoms with E-state index in [1.54, 1.807) is 0 Å². The Morgan fingerprint density at radius 1 is 0.938 bits per heavy atom. The predicted octanol–water partition coefficient (Wildman–Crippen LogP) is 10.6. The van der Waals surface area contributed by atoms with Gasteiger partial charge in [0.15, 0.2) is 16.0 Å². The van der Waals surface area contributed by atoms with Crippen molar-refractivity contribution in [3.63, 3.8) is 0 Å². The summed E-state index contributed by atoms with van der Waals surface area (Å²) in [7, 11) is -0.384. The third-order valence-electron chi connectivity index (χ3n) is 8.65. The Bertz CT molecular complexity index is 1870. The second-order valence-corrected chi connectivity index (χ2v) is 14.7. The van der Waals surface area contributed by atoms with E-state index in [2.05, 4.69) is 63.3 Å². The Hall–Kier alpha value is -4.00. The summed E-state index contributed by atoms with van der Waals surface area (Å²) in [6.07, 6.45) is 9.10. The number of carbonyl (C=O) groups excluding carboxylic acids is 1. The van der Waals surface area contributed by atoms with Crippen molar-refractivity contribution in [2.24, 2.45) is 5.41 Å². The van der Waals surface area contributed by atoms with E-state index in [1.165, 1.54) is 0 Å². The number of ether oxygens (including phenoxy) is 3. The van der Waals surface area contributed by atoms with Crippen molar-refractivity contribution < 1.29 is 19.0 Å². The van der Waals surface area contributed by atoms with E-state index in [0.29, 0.717) is 31.3 Å². The number of allylic oxidation sites excluding steroid dienone is 5. The van der Waals surface area contributed by atoms with E-state index in [1.807, 2.05) is 89.2 Å². The lowest BCUT2D eigenvalue weighted by atomic mass is 9.91. The fourth-order valence-corrected chi connectivity index (χ4v) is 8.47. The highest BCUT2D eigenvalue weighted by Gasteiger charge is 2.33. The second-order valence-electron chi connectivity index (χ2n) is 12.8. The van der Waals surface area contributed by atoms with Crippen molar-refractivity contribution in [1.82, 2.24) is 0 Å². The first-order chi connectivity index (χ1) is 23.1. The minimum atomic E-state index is -0.724. The molecule has 48 heavy (non-hydrogen) atoms. The number of benzene rings is 3. The normalized spacial score (nSPS) is 17.6. The molecule has 0 spiro atoms. The molecule has 1 heterocycles. The Balaban J connectivity index is 0.00000255. The molecule has 5 rings (SSSR count). The average Bonchev–Trinajstić information content (AvgIpc) is 3.27. The summed E-state index contributed by atoms with van der Waals surface area (Å²) in [6, 6.07) is 24.5. The van der Waals surface area contributed by atoms with E-state index in [4.69, 9.17) is 14.2 Å². The number of esters is 1. The molecule has 1 aromatic heterocycles. The molecular formula is C42H51O5S+. The number of carbonyl (C=O) groups is 1. The molecule has 1 aliphatic carbocycles. The van der Waals surface area contributed by atoms with Crippen LogP contribution in [0.15, 0.2) is 108 Å². The van der Waals surface area contributed by atoms with Crippen LogP contribution < -0.4 is 5.43 Å². The lowest BCUT2D eigenvalue weighted by Crippen LogP contribution is -2.37. The first-order valence-electron chi connectivity index (χ1n) is 17.2. The zero-order valence-electron chi connectivity index (χ0n) is 29.8. The van der Waals surface area contributed by atoms with E-state index in [9.17, 15) is 9.59 Å². The van der Waals surface area contributed by atoms with Crippen LogP contribution in [0.1, 0.15) is 78.9 Å². The fraction of sp³-hybridized carbons (Fsp3) is 0.381. The summed E-state index contributed by atoms with van der Waals surface area (Å²) in [5.41, 5.74) is 1.96. The quantitative estimate of drug-likeness (QED) is 0.0855. The Kier molecular flexibility index (Phi) is 12.6. The molecular weight excluding hydrogens is 617 g/mol. The zero-order chi connectivity index (χ0) is 34.9. The maximum atomic E-state index is 13.7. The molecule has 5 nitrogen and oxygen atoms in total.